The second-order valence-electron chi connectivity index (χ2n) is 13.4. The van der Waals surface area contributed by atoms with Crippen molar-refractivity contribution in [1.82, 2.24) is 0 Å². The number of phosphoric ester groups is 1. The Labute approximate surface area is 348 Å². The van der Waals surface area contributed by atoms with Crippen LogP contribution in [0.4, 0.5) is 0 Å². The lowest BCUT2D eigenvalue weighted by Crippen LogP contribution is -2.34. The zero-order valence-electron chi connectivity index (χ0n) is 35.1. The highest BCUT2D eigenvalue weighted by Crippen LogP contribution is 2.43. The maximum absolute atomic E-state index is 12.6. The van der Waals surface area contributed by atoms with Crippen molar-refractivity contribution in [3.8, 4) is 0 Å². The Kier molecular flexibility index (Phi) is 37.3. The predicted octanol–water partition coefficient (Wildman–Crippen LogP) is 11.1. The van der Waals surface area contributed by atoms with Crippen LogP contribution in [0, 0.1) is 0 Å². The molecule has 0 fully saturated rings. The Morgan fingerprint density at radius 2 is 0.983 bits per heavy atom. The molecular formula is C46H72NO10P. The standard InChI is InChI=1S/C46H72NO10P/c1-3-5-7-9-11-13-15-17-19-20-21-22-24-26-28-30-32-34-36-38-45(49)57-42(40-55-58(52,53)56-41-43(47)46(50)51)39-54-44(48)37-35-33-31-29-27-25-23-18-16-14-12-10-8-6-4-2/h6,8,11-14,17-19,21-23,26-29,32,34,42-43H,3-5,7,9-10,15-16,20,24-25,30-31,33,35-41,47H2,1-2H3,(H,50,51)(H,52,53)/b8-6-,13-11-,14-12-,19-17-,22-21-,23-18-,28-26-,29-27-,34-32-/t42-,43+/m1/s1. The third-order valence-corrected chi connectivity index (χ3v) is 8.97. The van der Waals surface area contributed by atoms with Gasteiger partial charge in [-0.15, -0.1) is 0 Å². The Bertz CT molecular complexity index is 1390. The van der Waals surface area contributed by atoms with E-state index < -0.39 is 57.7 Å². The van der Waals surface area contributed by atoms with E-state index in [1.54, 1.807) is 0 Å². The Morgan fingerprint density at radius 3 is 1.45 bits per heavy atom. The molecular weight excluding hydrogens is 757 g/mol. The number of hydrogen-bond donors (Lipinski definition) is 3. The number of phosphoric acid groups is 1. The van der Waals surface area contributed by atoms with Crippen molar-refractivity contribution < 1.29 is 47.5 Å². The van der Waals surface area contributed by atoms with Crippen molar-refractivity contribution in [3.05, 3.63) is 109 Å². The predicted molar refractivity (Wildman–Crippen MR) is 235 cm³/mol. The zero-order valence-corrected chi connectivity index (χ0v) is 36.0. The molecule has 4 N–H and O–H groups in total. The molecule has 0 saturated heterocycles. The van der Waals surface area contributed by atoms with Crippen molar-refractivity contribution in [3.63, 3.8) is 0 Å². The van der Waals surface area contributed by atoms with E-state index >= 15 is 0 Å². The fourth-order valence-corrected chi connectivity index (χ4v) is 5.52. The number of nitrogens with two attached hydrogens (primary N) is 1. The minimum absolute atomic E-state index is 0.0214. The summed E-state index contributed by atoms with van der Waals surface area (Å²) in [6, 6.07) is -1.54. The van der Waals surface area contributed by atoms with Crippen molar-refractivity contribution >= 4 is 25.7 Å². The average molecular weight is 830 g/mol. The number of carbonyl (C=O) groups excluding carboxylic acids is 2. The molecule has 0 aromatic carbocycles. The Hall–Kier alpha value is -3.86. The summed E-state index contributed by atoms with van der Waals surface area (Å²) in [5, 5.41) is 8.88. The van der Waals surface area contributed by atoms with Gasteiger partial charge in [0.2, 0.25) is 0 Å². The molecule has 0 bridgehead atoms. The smallest absolute Gasteiger partial charge is 0.472 e. The van der Waals surface area contributed by atoms with Crippen LogP contribution < -0.4 is 5.73 Å². The van der Waals surface area contributed by atoms with Crippen LogP contribution in [0.25, 0.3) is 0 Å². The largest absolute Gasteiger partial charge is 0.480 e. The van der Waals surface area contributed by atoms with Crippen LogP contribution >= 0.6 is 7.82 Å². The minimum Gasteiger partial charge on any atom is -0.480 e. The SMILES string of the molecule is CC/C=C\C/C=C\C/C=C\C/C=C\CCCCC(=O)OC[C@H](COP(=O)(O)OC[C@H](N)C(=O)O)OC(=O)CC/C=C\C/C=C\C/C=C\C/C=C\C/C=C\CCCCC. The van der Waals surface area contributed by atoms with Gasteiger partial charge in [0.25, 0.3) is 0 Å². The molecule has 3 atom stereocenters. The van der Waals surface area contributed by atoms with Crippen LogP contribution in [-0.2, 0) is 37.5 Å². The molecule has 0 aliphatic heterocycles. The van der Waals surface area contributed by atoms with Crippen LogP contribution in [0.15, 0.2) is 109 Å². The zero-order chi connectivity index (χ0) is 42.8. The van der Waals surface area contributed by atoms with Crippen molar-refractivity contribution in [1.29, 1.82) is 0 Å². The van der Waals surface area contributed by atoms with Gasteiger partial charge in [0.1, 0.15) is 12.6 Å². The van der Waals surface area contributed by atoms with Crippen molar-refractivity contribution in [2.45, 2.75) is 142 Å². The van der Waals surface area contributed by atoms with Crippen LogP contribution in [0.1, 0.15) is 129 Å². The van der Waals surface area contributed by atoms with Gasteiger partial charge in [-0.2, -0.15) is 0 Å². The molecule has 0 saturated carbocycles. The van der Waals surface area contributed by atoms with Crippen LogP contribution in [0.2, 0.25) is 0 Å². The van der Waals surface area contributed by atoms with Gasteiger partial charge in [-0.3, -0.25) is 23.4 Å². The van der Waals surface area contributed by atoms with Crippen molar-refractivity contribution in [2.24, 2.45) is 5.73 Å². The van der Waals surface area contributed by atoms with Crippen LogP contribution in [0.3, 0.4) is 0 Å². The summed E-state index contributed by atoms with van der Waals surface area (Å²) in [6.07, 6.45) is 51.7. The van der Waals surface area contributed by atoms with E-state index in [0.29, 0.717) is 19.3 Å². The van der Waals surface area contributed by atoms with Gasteiger partial charge in [0.15, 0.2) is 6.10 Å². The third kappa shape index (κ3) is 39.0. The molecule has 0 aromatic heterocycles. The highest BCUT2D eigenvalue weighted by Gasteiger charge is 2.28. The summed E-state index contributed by atoms with van der Waals surface area (Å²) in [5.41, 5.74) is 5.32. The van der Waals surface area contributed by atoms with Crippen LogP contribution in [-0.4, -0.2) is 59.9 Å². The molecule has 58 heavy (non-hydrogen) atoms. The molecule has 0 heterocycles. The number of carboxylic acids is 1. The number of unbranched alkanes of at least 4 members (excludes halogenated alkanes) is 5. The molecule has 1 unspecified atom stereocenters. The summed E-state index contributed by atoms with van der Waals surface area (Å²) < 4.78 is 32.5. The van der Waals surface area contributed by atoms with E-state index in [1.807, 2.05) is 18.2 Å². The first-order valence-corrected chi connectivity index (χ1v) is 22.4. The second-order valence-corrected chi connectivity index (χ2v) is 14.8. The van der Waals surface area contributed by atoms with E-state index in [0.717, 1.165) is 64.2 Å². The van der Waals surface area contributed by atoms with E-state index in [9.17, 15) is 23.8 Å². The number of esters is 2. The quantitative estimate of drug-likeness (QED) is 0.0235. The van der Waals surface area contributed by atoms with Gasteiger partial charge in [0, 0.05) is 12.8 Å². The molecule has 12 heteroatoms. The lowest BCUT2D eigenvalue weighted by atomic mass is 10.2. The lowest BCUT2D eigenvalue weighted by molar-refractivity contribution is -0.161. The third-order valence-electron chi connectivity index (χ3n) is 8.02. The van der Waals surface area contributed by atoms with E-state index in [2.05, 4.69) is 110 Å². The molecule has 0 aliphatic carbocycles. The van der Waals surface area contributed by atoms with E-state index in [1.165, 1.54) is 19.3 Å². The molecule has 0 spiro atoms. The Morgan fingerprint density at radius 1 is 0.552 bits per heavy atom. The molecule has 0 aromatic rings. The van der Waals surface area contributed by atoms with Gasteiger partial charge in [0.05, 0.1) is 13.2 Å². The first kappa shape index (κ1) is 54.1. The number of rotatable bonds is 37. The van der Waals surface area contributed by atoms with Gasteiger partial charge >= 0.3 is 25.7 Å². The van der Waals surface area contributed by atoms with Crippen molar-refractivity contribution in [2.75, 3.05) is 19.8 Å². The molecule has 0 amide bonds. The highest BCUT2D eigenvalue weighted by molar-refractivity contribution is 7.47. The number of aliphatic carboxylic acids is 1. The highest BCUT2D eigenvalue weighted by atomic mass is 31.2. The minimum atomic E-state index is -4.75. The summed E-state index contributed by atoms with van der Waals surface area (Å²) >= 11 is 0. The summed E-state index contributed by atoms with van der Waals surface area (Å²) in [6.45, 7) is 2.51. The normalized spacial score (nSPS) is 14.8. The number of ether oxygens (including phenoxy) is 2. The fraction of sp³-hybridized carbons (Fsp3) is 0.543. The number of hydrogen-bond acceptors (Lipinski definition) is 9. The fourth-order valence-electron chi connectivity index (χ4n) is 4.74. The van der Waals surface area contributed by atoms with E-state index in [-0.39, 0.29) is 12.8 Å². The Balaban J connectivity index is 4.61. The molecule has 0 rings (SSSR count). The molecule has 0 aliphatic rings. The molecule has 326 valence electrons. The number of carbonyl (C=O) groups is 3. The van der Waals surface area contributed by atoms with Gasteiger partial charge < -0.3 is 25.2 Å². The molecule has 11 nitrogen and oxygen atoms in total. The topological polar surface area (TPSA) is 172 Å². The average Bonchev–Trinajstić information content (AvgIpc) is 3.20. The van der Waals surface area contributed by atoms with Gasteiger partial charge in [-0.25, -0.2) is 4.57 Å². The number of allylic oxidation sites excluding steroid dienone is 18. The first-order chi connectivity index (χ1) is 28.1. The maximum Gasteiger partial charge on any atom is 0.472 e. The summed E-state index contributed by atoms with van der Waals surface area (Å²) in [7, 11) is -4.75. The summed E-state index contributed by atoms with van der Waals surface area (Å²) in [5.74, 6) is -2.56. The van der Waals surface area contributed by atoms with Gasteiger partial charge in [-0.1, -0.05) is 136 Å². The monoisotopic (exact) mass is 829 g/mol. The number of carboxylic acid groups (broad SMARTS) is 1. The van der Waals surface area contributed by atoms with E-state index in [4.69, 9.17) is 24.8 Å². The summed E-state index contributed by atoms with van der Waals surface area (Å²) in [4.78, 5) is 45.9. The second kappa shape index (κ2) is 39.9. The first-order valence-electron chi connectivity index (χ1n) is 20.9. The maximum atomic E-state index is 12.6. The lowest BCUT2D eigenvalue weighted by Gasteiger charge is -2.20. The van der Waals surface area contributed by atoms with Gasteiger partial charge in [-0.05, 0) is 89.9 Å². The van der Waals surface area contributed by atoms with Crippen LogP contribution in [0.5, 0.6) is 0 Å². The molecule has 0 radical (unpaired) electrons.